The Morgan fingerprint density at radius 2 is 2.00 bits per heavy atom. The van der Waals surface area contributed by atoms with Gasteiger partial charge in [-0.3, -0.25) is 14.8 Å². The molecule has 0 saturated carbocycles. The number of aromatic nitrogens is 2. The predicted molar refractivity (Wildman–Crippen MR) is 71.2 cm³/mol. The van der Waals surface area contributed by atoms with Gasteiger partial charge in [-0.05, 0) is 19.1 Å². The topological polar surface area (TPSA) is 85.2 Å². The molecule has 0 fully saturated rings. The van der Waals surface area contributed by atoms with Crippen LogP contribution in [0.5, 0.6) is 0 Å². The SMILES string of the molecule is CCOC(=O)NNC(=O)c1cncn1-c1ccccc1. The number of hydrogen-bond donors (Lipinski definition) is 2. The van der Waals surface area contributed by atoms with Crippen molar-refractivity contribution in [2.45, 2.75) is 6.92 Å². The molecule has 0 radical (unpaired) electrons. The lowest BCUT2D eigenvalue weighted by atomic mass is 10.3. The normalized spacial score (nSPS) is 9.85. The smallest absolute Gasteiger partial charge is 0.426 e. The minimum absolute atomic E-state index is 0.226. The average Bonchev–Trinajstić information content (AvgIpc) is 2.95. The van der Waals surface area contributed by atoms with E-state index in [-0.39, 0.29) is 6.61 Å². The van der Waals surface area contributed by atoms with Gasteiger partial charge in [0.05, 0.1) is 19.1 Å². The Balaban J connectivity index is 2.08. The third kappa shape index (κ3) is 3.14. The lowest BCUT2D eigenvalue weighted by Gasteiger charge is -2.09. The van der Waals surface area contributed by atoms with Crippen molar-refractivity contribution in [2.24, 2.45) is 0 Å². The van der Waals surface area contributed by atoms with Gasteiger partial charge in [-0.15, -0.1) is 0 Å². The van der Waals surface area contributed by atoms with Crippen LogP contribution in [0.4, 0.5) is 4.79 Å². The first-order chi connectivity index (χ1) is 9.72. The monoisotopic (exact) mass is 274 g/mol. The van der Waals surface area contributed by atoms with E-state index < -0.39 is 12.0 Å². The molecule has 7 nitrogen and oxygen atoms in total. The summed E-state index contributed by atoms with van der Waals surface area (Å²) in [6, 6.07) is 9.28. The van der Waals surface area contributed by atoms with Crippen LogP contribution in [0, 0.1) is 0 Å². The molecule has 0 aliphatic heterocycles. The summed E-state index contributed by atoms with van der Waals surface area (Å²) in [5, 5.41) is 0. The standard InChI is InChI=1S/C13H14N4O3/c1-2-20-13(19)16-15-12(18)11-8-14-9-17(11)10-6-4-3-5-7-10/h3-9H,2H2,1H3,(H,15,18)(H,16,19). The molecule has 0 spiro atoms. The molecule has 0 unspecified atom stereocenters. The second-order valence-electron chi connectivity index (χ2n) is 3.78. The molecule has 0 aliphatic rings. The van der Waals surface area contributed by atoms with E-state index in [2.05, 4.69) is 20.6 Å². The van der Waals surface area contributed by atoms with Crippen LogP contribution in [0.15, 0.2) is 42.9 Å². The van der Waals surface area contributed by atoms with Crippen LogP contribution in [-0.4, -0.2) is 28.2 Å². The van der Waals surface area contributed by atoms with Crippen LogP contribution >= 0.6 is 0 Å². The van der Waals surface area contributed by atoms with Crippen molar-refractivity contribution in [3.05, 3.63) is 48.5 Å². The summed E-state index contributed by atoms with van der Waals surface area (Å²) in [4.78, 5) is 27.0. The quantitative estimate of drug-likeness (QED) is 0.825. The van der Waals surface area contributed by atoms with Gasteiger partial charge < -0.3 is 4.74 Å². The highest BCUT2D eigenvalue weighted by molar-refractivity contribution is 5.93. The van der Waals surface area contributed by atoms with E-state index in [0.717, 1.165) is 5.69 Å². The summed E-state index contributed by atoms with van der Waals surface area (Å²) < 4.78 is 6.25. The summed E-state index contributed by atoms with van der Waals surface area (Å²) in [6.07, 6.45) is 2.22. The number of amides is 2. The fraction of sp³-hybridized carbons (Fsp3) is 0.154. The van der Waals surface area contributed by atoms with E-state index in [1.807, 2.05) is 30.3 Å². The Kier molecular flexibility index (Phi) is 4.33. The molecule has 1 aromatic carbocycles. The number of benzene rings is 1. The third-order valence-electron chi connectivity index (χ3n) is 2.46. The molecule has 2 rings (SSSR count). The number of nitrogens with zero attached hydrogens (tertiary/aromatic N) is 2. The lowest BCUT2D eigenvalue weighted by Crippen LogP contribution is -2.42. The van der Waals surface area contributed by atoms with Crippen LogP contribution in [0.1, 0.15) is 17.4 Å². The number of carbonyl (C=O) groups is 2. The maximum atomic E-state index is 12.0. The molecule has 0 aliphatic carbocycles. The van der Waals surface area contributed by atoms with Crippen LogP contribution in [-0.2, 0) is 4.74 Å². The Morgan fingerprint density at radius 1 is 1.25 bits per heavy atom. The van der Waals surface area contributed by atoms with Gasteiger partial charge in [0.1, 0.15) is 5.69 Å². The molecule has 20 heavy (non-hydrogen) atoms. The first-order valence-electron chi connectivity index (χ1n) is 6.03. The van der Waals surface area contributed by atoms with Gasteiger partial charge in [-0.25, -0.2) is 15.2 Å². The van der Waals surface area contributed by atoms with Gasteiger partial charge in [-0.1, -0.05) is 18.2 Å². The number of imidazole rings is 1. The number of carbonyl (C=O) groups excluding carboxylic acids is 2. The first-order valence-corrected chi connectivity index (χ1v) is 6.03. The highest BCUT2D eigenvalue weighted by atomic mass is 16.5. The first kappa shape index (κ1) is 13.6. The van der Waals surface area contributed by atoms with Crippen molar-refractivity contribution in [1.82, 2.24) is 20.4 Å². The minimum atomic E-state index is -0.716. The molecule has 0 atom stereocenters. The van der Waals surface area contributed by atoms with E-state index in [0.29, 0.717) is 5.69 Å². The zero-order valence-corrected chi connectivity index (χ0v) is 10.9. The molecule has 7 heteroatoms. The van der Waals surface area contributed by atoms with Crippen LogP contribution in [0.2, 0.25) is 0 Å². The maximum absolute atomic E-state index is 12.0. The molecular formula is C13H14N4O3. The molecule has 0 saturated heterocycles. The van der Waals surface area contributed by atoms with E-state index >= 15 is 0 Å². The summed E-state index contributed by atoms with van der Waals surface area (Å²) in [5.74, 6) is -0.487. The number of hydrogen-bond acceptors (Lipinski definition) is 4. The zero-order chi connectivity index (χ0) is 14.4. The van der Waals surface area contributed by atoms with Gasteiger partial charge in [0.2, 0.25) is 0 Å². The van der Waals surface area contributed by atoms with E-state index in [1.54, 1.807) is 11.5 Å². The molecule has 104 valence electrons. The Morgan fingerprint density at radius 3 is 2.70 bits per heavy atom. The summed E-state index contributed by atoms with van der Waals surface area (Å²) in [6.45, 7) is 1.90. The second-order valence-corrected chi connectivity index (χ2v) is 3.78. The Hall–Kier alpha value is -2.83. The third-order valence-corrected chi connectivity index (χ3v) is 2.46. The van der Waals surface area contributed by atoms with Crippen LogP contribution < -0.4 is 10.9 Å². The molecular weight excluding hydrogens is 260 g/mol. The summed E-state index contributed by atoms with van der Waals surface area (Å²) in [5.41, 5.74) is 5.50. The zero-order valence-electron chi connectivity index (χ0n) is 10.9. The van der Waals surface area contributed by atoms with Crippen molar-refractivity contribution < 1.29 is 14.3 Å². The second kappa shape index (κ2) is 6.37. The maximum Gasteiger partial charge on any atom is 0.426 e. The molecule has 0 bridgehead atoms. The molecule has 1 aromatic heterocycles. The molecule has 2 N–H and O–H groups in total. The molecule has 1 heterocycles. The predicted octanol–water partition coefficient (Wildman–Crippen LogP) is 1.26. The summed E-state index contributed by atoms with van der Waals surface area (Å²) in [7, 11) is 0. The van der Waals surface area contributed by atoms with Crippen molar-refractivity contribution in [2.75, 3.05) is 6.61 Å². The highest BCUT2D eigenvalue weighted by Gasteiger charge is 2.13. The highest BCUT2D eigenvalue weighted by Crippen LogP contribution is 2.10. The van der Waals surface area contributed by atoms with Gasteiger partial charge >= 0.3 is 6.09 Å². The van der Waals surface area contributed by atoms with Crippen molar-refractivity contribution in [1.29, 1.82) is 0 Å². The largest absolute Gasteiger partial charge is 0.449 e. The Labute approximate surface area is 115 Å². The van der Waals surface area contributed by atoms with Gasteiger partial charge in [0, 0.05) is 5.69 Å². The van der Waals surface area contributed by atoms with Gasteiger partial charge in [0.25, 0.3) is 5.91 Å². The minimum Gasteiger partial charge on any atom is -0.449 e. The van der Waals surface area contributed by atoms with Gasteiger partial charge in [-0.2, -0.15) is 0 Å². The van der Waals surface area contributed by atoms with Gasteiger partial charge in [0.15, 0.2) is 0 Å². The fourth-order valence-corrected chi connectivity index (χ4v) is 1.60. The van der Waals surface area contributed by atoms with Crippen LogP contribution in [0.3, 0.4) is 0 Å². The van der Waals surface area contributed by atoms with Crippen molar-refractivity contribution in [3.63, 3.8) is 0 Å². The molecule has 2 aromatic rings. The molecule has 2 amide bonds. The summed E-state index contributed by atoms with van der Waals surface area (Å²) >= 11 is 0. The van der Waals surface area contributed by atoms with E-state index in [9.17, 15) is 9.59 Å². The van der Waals surface area contributed by atoms with Crippen molar-refractivity contribution in [3.8, 4) is 5.69 Å². The lowest BCUT2D eigenvalue weighted by molar-refractivity contribution is 0.0906. The number of hydrazine groups is 1. The number of rotatable bonds is 3. The van der Waals surface area contributed by atoms with E-state index in [1.165, 1.54) is 12.5 Å². The Bertz CT molecular complexity index is 595. The van der Waals surface area contributed by atoms with Crippen molar-refractivity contribution >= 4 is 12.0 Å². The van der Waals surface area contributed by atoms with Crippen LogP contribution in [0.25, 0.3) is 5.69 Å². The number of ether oxygens (including phenoxy) is 1. The number of nitrogens with one attached hydrogen (secondary N) is 2. The van der Waals surface area contributed by atoms with E-state index in [4.69, 9.17) is 0 Å². The fourth-order valence-electron chi connectivity index (χ4n) is 1.60. The average molecular weight is 274 g/mol. The number of para-hydroxylation sites is 1.